The van der Waals surface area contributed by atoms with Crippen LogP contribution >= 0.6 is 23.1 Å². The first kappa shape index (κ1) is 13.4. The first-order valence-electron chi connectivity index (χ1n) is 6.84. The summed E-state index contributed by atoms with van der Waals surface area (Å²) in [6, 6.07) is 8.30. The highest BCUT2D eigenvalue weighted by Gasteiger charge is 2.20. The van der Waals surface area contributed by atoms with Crippen LogP contribution in [0.5, 0.6) is 0 Å². The molecule has 1 atom stereocenters. The lowest BCUT2D eigenvalue weighted by Crippen LogP contribution is -2.08. The predicted octanol–water partition coefficient (Wildman–Crippen LogP) is 4.47. The molecule has 108 valence electrons. The van der Waals surface area contributed by atoms with Crippen LogP contribution in [0.25, 0.3) is 11.0 Å². The highest BCUT2D eigenvalue weighted by Crippen LogP contribution is 2.36. The van der Waals surface area contributed by atoms with E-state index >= 15 is 0 Å². The van der Waals surface area contributed by atoms with Gasteiger partial charge in [0.15, 0.2) is 0 Å². The van der Waals surface area contributed by atoms with Gasteiger partial charge in [0.2, 0.25) is 0 Å². The number of thioether (sulfide) groups is 1. The summed E-state index contributed by atoms with van der Waals surface area (Å²) in [5, 5.41) is 0.761. The fourth-order valence-electron chi connectivity index (χ4n) is 2.65. The van der Waals surface area contributed by atoms with Gasteiger partial charge in [0.1, 0.15) is 17.2 Å². The molecular weight excluding hydrogens is 305 g/mol. The topological polar surface area (TPSA) is 39.2 Å². The van der Waals surface area contributed by atoms with Crippen molar-refractivity contribution in [3.05, 3.63) is 57.2 Å². The molecule has 0 amide bonds. The second-order valence-electron chi connectivity index (χ2n) is 5.21. The summed E-state index contributed by atoms with van der Waals surface area (Å²) in [4.78, 5) is 2.57. The molecule has 0 bridgehead atoms. The van der Waals surface area contributed by atoms with E-state index in [4.69, 9.17) is 10.2 Å². The molecule has 1 aliphatic rings. The van der Waals surface area contributed by atoms with Crippen molar-refractivity contribution in [2.45, 2.75) is 18.2 Å². The molecule has 0 spiro atoms. The highest BCUT2D eigenvalue weighted by molar-refractivity contribution is 7.98. The largest absolute Gasteiger partial charge is 0.459 e. The Hall–Kier alpha value is -1.30. The molecule has 21 heavy (non-hydrogen) atoms. The Morgan fingerprint density at radius 1 is 1.24 bits per heavy atom. The zero-order valence-electron chi connectivity index (χ0n) is 11.3. The molecule has 3 aromatic rings. The third kappa shape index (κ3) is 2.39. The van der Waals surface area contributed by atoms with Crippen LogP contribution in [0.4, 0.5) is 4.39 Å². The minimum Gasteiger partial charge on any atom is -0.459 e. The van der Waals surface area contributed by atoms with E-state index in [1.54, 1.807) is 17.4 Å². The summed E-state index contributed by atoms with van der Waals surface area (Å²) in [7, 11) is 0. The van der Waals surface area contributed by atoms with Gasteiger partial charge in [0.25, 0.3) is 0 Å². The lowest BCUT2D eigenvalue weighted by Gasteiger charge is -2.08. The minimum absolute atomic E-state index is 0.257. The Morgan fingerprint density at radius 3 is 3.00 bits per heavy atom. The van der Waals surface area contributed by atoms with Crippen LogP contribution in [-0.2, 0) is 12.2 Å². The number of halogens is 1. The van der Waals surface area contributed by atoms with Gasteiger partial charge >= 0.3 is 0 Å². The van der Waals surface area contributed by atoms with Gasteiger partial charge in [0.05, 0.1) is 6.04 Å². The van der Waals surface area contributed by atoms with Crippen LogP contribution in [0, 0.1) is 5.82 Å². The summed E-state index contributed by atoms with van der Waals surface area (Å²) < 4.78 is 19.0. The van der Waals surface area contributed by atoms with Crippen molar-refractivity contribution in [3.63, 3.8) is 0 Å². The summed E-state index contributed by atoms with van der Waals surface area (Å²) in [6.45, 7) is 0. The van der Waals surface area contributed by atoms with Crippen LogP contribution in [0.2, 0.25) is 0 Å². The average molecular weight is 319 g/mol. The fraction of sp³-hybridized carbons (Fsp3) is 0.250. The lowest BCUT2D eigenvalue weighted by molar-refractivity contribution is 0.527. The number of nitrogens with two attached hydrogens (primary N) is 1. The van der Waals surface area contributed by atoms with Crippen molar-refractivity contribution in [2.24, 2.45) is 5.73 Å². The van der Waals surface area contributed by atoms with Crippen molar-refractivity contribution in [3.8, 4) is 0 Å². The first-order valence-corrected chi connectivity index (χ1v) is 8.81. The second-order valence-corrected chi connectivity index (χ2v) is 7.48. The molecule has 0 saturated heterocycles. The standard InChI is InChI=1S/C16H14FNOS2/c17-11-1-2-12-9(5-11)6-13(19-12)16(18)15-7-10-8-20-4-3-14(10)21-15/h1-2,5-7,16H,3-4,8,18H2. The van der Waals surface area contributed by atoms with Crippen LogP contribution in [-0.4, -0.2) is 5.75 Å². The number of aryl methyl sites for hydroxylation is 1. The second kappa shape index (κ2) is 5.16. The highest BCUT2D eigenvalue weighted by atomic mass is 32.2. The van der Waals surface area contributed by atoms with E-state index in [9.17, 15) is 4.39 Å². The van der Waals surface area contributed by atoms with Crippen molar-refractivity contribution in [1.82, 2.24) is 0 Å². The van der Waals surface area contributed by atoms with E-state index in [2.05, 4.69) is 6.07 Å². The number of hydrogen-bond acceptors (Lipinski definition) is 4. The van der Waals surface area contributed by atoms with Crippen molar-refractivity contribution < 1.29 is 8.81 Å². The third-order valence-electron chi connectivity index (χ3n) is 3.76. The molecule has 3 heterocycles. The maximum atomic E-state index is 13.3. The normalized spacial score (nSPS) is 16.1. The molecule has 0 saturated carbocycles. The molecule has 0 radical (unpaired) electrons. The number of thiophene rings is 1. The molecule has 2 nitrogen and oxygen atoms in total. The monoisotopic (exact) mass is 319 g/mol. The lowest BCUT2D eigenvalue weighted by atomic mass is 10.1. The maximum Gasteiger partial charge on any atom is 0.134 e. The van der Waals surface area contributed by atoms with Crippen molar-refractivity contribution >= 4 is 34.1 Å². The quantitative estimate of drug-likeness (QED) is 0.757. The van der Waals surface area contributed by atoms with Crippen LogP contribution in [0.1, 0.15) is 27.1 Å². The van der Waals surface area contributed by atoms with Gasteiger partial charge in [0, 0.05) is 20.9 Å². The number of fused-ring (bicyclic) bond motifs is 2. The van der Waals surface area contributed by atoms with Crippen LogP contribution in [0.3, 0.4) is 0 Å². The molecule has 1 aromatic carbocycles. The molecule has 2 N–H and O–H groups in total. The fourth-order valence-corrected chi connectivity index (χ4v) is 5.04. The third-order valence-corrected chi connectivity index (χ3v) is 6.09. The van der Waals surface area contributed by atoms with Crippen molar-refractivity contribution in [1.29, 1.82) is 0 Å². The Morgan fingerprint density at radius 2 is 2.14 bits per heavy atom. The van der Waals surface area contributed by atoms with Gasteiger partial charge in [-0.3, -0.25) is 0 Å². The molecule has 1 unspecified atom stereocenters. The van der Waals surface area contributed by atoms with Gasteiger partial charge in [-0.2, -0.15) is 11.8 Å². The number of benzene rings is 1. The average Bonchev–Trinajstić information content (AvgIpc) is 3.09. The van der Waals surface area contributed by atoms with Gasteiger partial charge < -0.3 is 10.2 Å². The molecule has 1 aliphatic heterocycles. The van der Waals surface area contributed by atoms with Gasteiger partial charge in [-0.25, -0.2) is 4.39 Å². The zero-order chi connectivity index (χ0) is 14.4. The number of rotatable bonds is 2. The Kier molecular flexibility index (Phi) is 3.28. The molecular formula is C16H14FNOS2. The maximum absolute atomic E-state index is 13.3. The van der Waals surface area contributed by atoms with Gasteiger partial charge in [-0.1, -0.05) is 0 Å². The Labute approximate surface area is 130 Å². The molecule has 0 aliphatic carbocycles. The van der Waals surface area contributed by atoms with Crippen LogP contribution < -0.4 is 5.73 Å². The smallest absolute Gasteiger partial charge is 0.134 e. The van der Waals surface area contributed by atoms with E-state index < -0.39 is 0 Å². The SMILES string of the molecule is NC(c1cc2cc(F)ccc2o1)c1cc2c(s1)CCSC2. The summed E-state index contributed by atoms with van der Waals surface area (Å²) in [5.41, 5.74) is 8.43. The Balaban J connectivity index is 1.71. The first-order chi connectivity index (χ1) is 10.2. The summed E-state index contributed by atoms with van der Waals surface area (Å²) in [5.74, 6) is 2.70. The summed E-state index contributed by atoms with van der Waals surface area (Å²) in [6.07, 6.45) is 1.13. The van der Waals surface area contributed by atoms with E-state index in [-0.39, 0.29) is 11.9 Å². The van der Waals surface area contributed by atoms with E-state index in [0.717, 1.165) is 22.4 Å². The van der Waals surface area contributed by atoms with E-state index in [0.29, 0.717) is 11.3 Å². The van der Waals surface area contributed by atoms with Gasteiger partial charge in [-0.05, 0) is 48.1 Å². The predicted molar refractivity (Wildman–Crippen MR) is 86.4 cm³/mol. The number of hydrogen-bond donors (Lipinski definition) is 1. The molecule has 5 heteroatoms. The van der Waals surface area contributed by atoms with Crippen LogP contribution in [0.15, 0.2) is 34.7 Å². The number of furan rings is 1. The van der Waals surface area contributed by atoms with Gasteiger partial charge in [-0.15, -0.1) is 11.3 Å². The zero-order valence-corrected chi connectivity index (χ0v) is 12.9. The summed E-state index contributed by atoms with van der Waals surface area (Å²) >= 11 is 3.74. The van der Waals surface area contributed by atoms with E-state index in [1.807, 2.05) is 17.8 Å². The van der Waals surface area contributed by atoms with E-state index in [1.165, 1.54) is 28.3 Å². The Bertz CT molecular complexity index is 784. The minimum atomic E-state index is -0.277. The molecule has 0 fully saturated rings. The molecule has 4 rings (SSSR count). The van der Waals surface area contributed by atoms with Crippen molar-refractivity contribution in [2.75, 3.05) is 5.75 Å². The molecule has 2 aromatic heterocycles.